The minimum absolute atomic E-state index is 0.451. The molecule has 0 bridgehead atoms. The third kappa shape index (κ3) is 3.06. The van der Waals surface area contributed by atoms with Gasteiger partial charge in [0, 0.05) is 17.7 Å². The summed E-state index contributed by atoms with van der Waals surface area (Å²) >= 11 is 0. The number of hydrogen-bond acceptors (Lipinski definition) is 2. The summed E-state index contributed by atoms with van der Waals surface area (Å²) in [6, 6.07) is 7.56. The van der Waals surface area contributed by atoms with Gasteiger partial charge >= 0.3 is 0 Å². The van der Waals surface area contributed by atoms with Gasteiger partial charge in [0.2, 0.25) is 6.23 Å². The maximum Gasteiger partial charge on any atom is 0.215 e. The number of hydroxylamine groups is 2. The molecule has 0 aromatic heterocycles. The highest BCUT2D eigenvalue weighted by Crippen LogP contribution is 2.34. The Balaban J connectivity index is 2.06. The van der Waals surface area contributed by atoms with Crippen molar-refractivity contribution in [3.63, 3.8) is 0 Å². The number of fused-ring (bicyclic) bond motifs is 1. The van der Waals surface area contributed by atoms with E-state index in [0.29, 0.717) is 12.2 Å². The summed E-state index contributed by atoms with van der Waals surface area (Å²) in [5.74, 6) is 0. The molecule has 0 aliphatic carbocycles. The standard InChI is InChI=1S/C16H23NO2/c1-2-3-4-5-8-13-17(19)15-10-7-6-9-14(15)11-12-16(17)18/h6-7,9-12,16,18H,2-5,8,13H2,1H3. The van der Waals surface area contributed by atoms with E-state index in [1.165, 1.54) is 19.3 Å². The Morgan fingerprint density at radius 3 is 2.68 bits per heavy atom. The summed E-state index contributed by atoms with van der Waals surface area (Å²) in [6.45, 7) is 2.63. The summed E-state index contributed by atoms with van der Waals surface area (Å²) in [5, 5.41) is 23.0. The number of quaternary nitrogens is 1. The molecule has 3 nitrogen and oxygen atoms in total. The lowest BCUT2D eigenvalue weighted by Crippen LogP contribution is -2.53. The zero-order valence-corrected chi connectivity index (χ0v) is 11.6. The van der Waals surface area contributed by atoms with Crippen molar-refractivity contribution in [2.75, 3.05) is 6.54 Å². The quantitative estimate of drug-likeness (QED) is 0.481. The number of hydrogen-bond donors (Lipinski definition) is 1. The van der Waals surface area contributed by atoms with Gasteiger partial charge in [0.15, 0.2) is 0 Å². The second-order valence-corrected chi connectivity index (χ2v) is 5.26. The number of nitrogens with zero attached hydrogens (tertiary/aromatic N) is 1. The van der Waals surface area contributed by atoms with Gasteiger partial charge < -0.3 is 10.3 Å². The maximum absolute atomic E-state index is 12.9. The van der Waals surface area contributed by atoms with Gasteiger partial charge in [0.05, 0.1) is 6.54 Å². The van der Waals surface area contributed by atoms with Crippen LogP contribution in [0.15, 0.2) is 30.3 Å². The van der Waals surface area contributed by atoms with Gasteiger partial charge in [-0.1, -0.05) is 38.3 Å². The lowest BCUT2D eigenvalue weighted by Gasteiger charge is -2.47. The van der Waals surface area contributed by atoms with Crippen molar-refractivity contribution in [1.29, 1.82) is 0 Å². The largest absolute Gasteiger partial charge is 0.625 e. The van der Waals surface area contributed by atoms with Gasteiger partial charge in [0.1, 0.15) is 5.69 Å². The fourth-order valence-corrected chi connectivity index (χ4v) is 2.65. The number of aliphatic hydroxyl groups excluding tert-OH is 1. The third-order valence-electron chi connectivity index (χ3n) is 3.81. The Morgan fingerprint density at radius 2 is 1.89 bits per heavy atom. The predicted molar refractivity (Wildman–Crippen MR) is 80.3 cm³/mol. The molecule has 0 radical (unpaired) electrons. The minimum Gasteiger partial charge on any atom is -0.625 e. The number of unbranched alkanes of at least 4 members (excludes halogenated alkanes) is 4. The molecule has 1 aliphatic rings. The van der Waals surface area contributed by atoms with E-state index in [9.17, 15) is 10.3 Å². The Bertz CT molecular complexity index is 444. The van der Waals surface area contributed by atoms with E-state index < -0.39 is 10.9 Å². The third-order valence-corrected chi connectivity index (χ3v) is 3.81. The van der Waals surface area contributed by atoms with Gasteiger partial charge in [-0.25, -0.2) is 0 Å². The minimum atomic E-state index is -0.971. The topological polar surface area (TPSA) is 43.3 Å². The fraction of sp³-hybridized carbons (Fsp3) is 0.500. The highest BCUT2D eigenvalue weighted by Gasteiger charge is 2.32. The first-order valence-electron chi connectivity index (χ1n) is 7.23. The molecule has 19 heavy (non-hydrogen) atoms. The average Bonchev–Trinajstić information content (AvgIpc) is 2.43. The molecule has 1 aliphatic heterocycles. The van der Waals surface area contributed by atoms with Crippen molar-refractivity contribution in [2.45, 2.75) is 45.3 Å². The summed E-state index contributed by atoms with van der Waals surface area (Å²) in [6.07, 6.45) is 8.00. The summed E-state index contributed by atoms with van der Waals surface area (Å²) in [5.41, 5.74) is 1.62. The van der Waals surface area contributed by atoms with Crippen LogP contribution in [0.5, 0.6) is 0 Å². The zero-order valence-electron chi connectivity index (χ0n) is 11.6. The van der Waals surface area contributed by atoms with Crippen LogP contribution < -0.4 is 4.65 Å². The first-order valence-corrected chi connectivity index (χ1v) is 7.23. The lowest BCUT2D eigenvalue weighted by molar-refractivity contribution is 0.0804. The van der Waals surface area contributed by atoms with Crippen LogP contribution in [0.25, 0.3) is 6.08 Å². The second kappa shape index (κ2) is 6.33. The van der Waals surface area contributed by atoms with Crippen LogP contribution in [-0.2, 0) is 0 Å². The molecule has 0 saturated carbocycles. The van der Waals surface area contributed by atoms with Gasteiger partial charge in [-0.15, -0.1) is 0 Å². The molecule has 1 aromatic rings. The molecule has 2 atom stereocenters. The molecular formula is C16H23NO2. The van der Waals surface area contributed by atoms with E-state index in [-0.39, 0.29) is 0 Å². The van der Waals surface area contributed by atoms with Crippen molar-refractivity contribution in [1.82, 2.24) is 4.65 Å². The first kappa shape index (κ1) is 14.3. The van der Waals surface area contributed by atoms with E-state index in [1.807, 2.05) is 30.3 Å². The van der Waals surface area contributed by atoms with Crippen molar-refractivity contribution in [3.05, 3.63) is 41.1 Å². The molecule has 1 aromatic carbocycles. The van der Waals surface area contributed by atoms with Crippen molar-refractivity contribution < 1.29 is 5.11 Å². The summed E-state index contributed by atoms with van der Waals surface area (Å²) in [7, 11) is 0. The number of para-hydroxylation sites is 1. The second-order valence-electron chi connectivity index (χ2n) is 5.26. The van der Waals surface area contributed by atoms with E-state index in [4.69, 9.17) is 0 Å². The Kier molecular flexibility index (Phi) is 4.75. The number of rotatable bonds is 6. The molecular weight excluding hydrogens is 238 g/mol. The highest BCUT2D eigenvalue weighted by atomic mass is 16.6. The number of aliphatic hydroxyl groups is 1. The Labute approximate surface area is 115 Å². The van der Waals surface area contributed by atoms with Gasteiger partial charge in [-0.05, 0) is 25.0 Å². The molecule has 2 unspecified atom stereocenters. The highest BCUT2D eigenvalue weighted by molar-refractivity contribution is 5.69. The van der Waals surface area contributed by atoms with Crippen molar-refractivity contribution in [2.24, 2.45) is 0 Å². The van der Waals surface area contributed by atoms with E-state index in [0.717, 1.165) is 18.4 Å². The SMILES string of the molecule is CCCCCCC[N+]1([O-])c2ccccc2C=CC1O. The molecule has 2 rings (SSSR count). The Hall–Kier alpha value is -1.16. The molecule has 1 N–H and O–H groups in total. The van der Waals surface area contributed by atoms with Gasteiger partial charge in [-0.2, -0.15) is 0 Å². The normalized spacial score (nSPS) is 25.3. The van der Waals surface area contributed by atoms with Crippen LogP contribution in [0.1, 0.15) is 44.6 Å². The van der Waals surface area contributed by atoms with Crippen LogP contribution in [0.4, 0.5) is 5.69 Å². The van der Waals surface area contributed by atoms with Crippen LogP contribution in [-0.4, -0.2) is 17.9 Å². The fourth-order valence-electron chi connectivity index (χ4n) is 2.65. The summed E-state index contributed by atoms with van der Waals surface area (Å²) < 4.78 is -0.626. The Morgan fingerprint density at radius 1 is 1.16 bits per heavy atom. The van der Waals surface area contributed by atoms with Crippen LogP contribution in [0, 0.1) is 5.21 Å². The van der Waals surface area contributed by atoms with Gasteiger partial charge in [0.25, 0.3) is 0 Å². The smallest absolute Gasteiger partial charge is 0.215 e. The molecule has 104 valence electrons. The van der Waals surface area contributed by atoms with Gasteiger partial charge in [-0.3, -0.25) is 4.65 Å². The van der Waals surface area contributed by atoms with E-state index >= 15 is 0 Å². The lowest BCUT2D eigenvalue weighted by atomic mass is 10.1. The molecule has 3 heteroatoms. The molecule has 1 heterocycles. The van der Waals surface area contributed by atoms with E-state index in [1.54, 1.807) is 6.08 Å². The average molecular weight is 261 g/mol. The molecule has 0 amide bonds. The molecule has 0 saturated heterocycles. The van der Waals surface area contributed by atoms with Crippen molar-refractivity contribution >= 4 is 11.8 Å². The molecule has 0 spiro atoms. The van der Waals surface area contributed by atoms with Crippen LogP contribution in [0.3, 0.4) is 0 Å². The van der Waals surface area contributed by atoms with Crippen LogP contribution in [0.2, 0.25) is 0 Å². The van der Waals surface area contributed by atoms with Crippen LogP contribution >= 0.6 is 0 Å². The predicted octanol–water partition coefficient (Wildman–Crippen LogP) is 3.81. The summed E-state index contributed by atoms with van der Waals surface area (Å²) in [4.78, 5) is 0. The molecule has 0 fully saturated rings. The number of benzene rings is 1. The zero-order chi connectivity index (χ0) is 13.7. The monoisotopic (exact) mass is 261 g/mol. The maximum atomic E-state index is 12.9. The first-order chi connectivity index (χ1) is 9.18. The van der Waals surface area contributed by atoms with Crippen molar-refractivity contribution in [3.8, 4) is 0 Å². The van der Waals surface area contributed by atoms with E-state index in [2.05, 4.69) is 6.92 Å².